The molecule has 180 valence electrons. The predicted molar refractivity (Wildman–Crippen MR) is 137 cm³/mol. The Labute approximate surface area is 203 Å². The number of nitrogens with one attached hydrogen (secondary N) is 1. The van der Waals surface area contributed by atoms with E-state index in [1.807, 2.05) is 19.1 Å². The summed E-state index contributed by atoms with van der Waals surface area (Å²) in [5, 5.41) is 12.9. The number of benzene rings is 1. The van der Waals surface area contributed by atoms with E-state index < -0.39 is 0 Å². The molecule has 1 fully saturated rings. The van der Waals surface area contributed by atoms with Gasteiger partial charge in [0.2, 0.25) is 0 Å². The van der Waals surface area contributed by atoms with Gasteiger partial charge in [-0.25, -0.2) is 4.98 Å². The Hall–Kier alpha value is -2.84. The molecule has 3 aromatic rings. The maximum atomic E-state index is 13.0. The number of carbonyl (C=O) groups excluding carboxylic acids is 1. The second kappa shape index (κ2) is 9.80. The van der Waals surface area contributed by atoms with Crippen molar-refractivity contribution in [2.75, 3.05) is 36.9 Å². The lowest BCUT2D eigenvalue weighted by molar-refractivity contribution is 0.0920. The third-order valence-electron chi connectivity index (χ3n) is 6.90. The molecule has 1 saturated heterocycles. The van der Waals surface area contributed by atoms with E-state index >= 15 is 0 Å². The highest BCUT2D eigenvalue weighted by atomic mass is 32.1. The van der Waals surface area contributed by atoms with Gasteiger partial charge in [-0.15, -0.1) is 11.3 Å². The summed E-state index contributed by atoms with van der Waals surface area (Å²) in [5.74, 6) is 1.44. The van der Waals surface area contributed by atoms with E-state index in [0.29, 0.717) is 23.1 Å². The average molecular weight is 481 g/mol. The van der Waals surface area contributed by atoms with Crippen molar-refractivity contribution in [1.82, 2.24) is 10.3 Å². The second-order valence-electron chi connectivity index (χ2n) is 9.45. The molecule has 2 aliphatic rings. The molecule has 8 heteroatoms. The van der Waals surface area contributed by atoms with Crippen LogP contribution in [0, 0.1) is 12.8 Å². The first-order chi connectivity index (χ1) is 16.5. The molecule has 0 radical (unpaired) electrons. The fourth-order valence-electron chi connectivity index (χ4n) is 5.01. The summed E-state index contributed by atoms with van der Waals surface area (Å²) in [7, 11) is 0. The molecule has 0 aliphatic carbocycles. The zero-order chi connectivity index (χ0) is 23.7. The number of aryl methyl sites for hydroxylation is 1. The molecule has 5 rings (SSSR count). The van der Waals surface area contributed by atoms with E-state index in [9.17, 15) is 4.79 Å². The van der Waals surface area contributed by atoms with Crippen molar-refractivity contribution in [2.45, 2.75) is 45.1 Å². The molecular weight excluding hydrogens is 448 g/mol. The van der Waals surface area contributed by atoms with Crippen LogP contribution in [0.4, 0.5) is 11.4 Å². The molecular formula is C26H32N4O3S. The number of unbranched alkanes of at least 4 members (excludes halogenated alkanes) is 1. The SMILES string of the molecule is Cc1ccc2c(N)c(C(=O)NC3COc4cc(N5CCC(CCCCO)C5)ccc4C3)sc2n1. The van der Waals surface area contributed by atoms with Crippen molar-refractivity contribution in [1.29, 1.82) is 0 Å². The Bertz CT molecular complexity index is 1190. The molecule has 1 amide bonds. The monoisotopic (exact) mass is 480 g/mol. The third kappa shape index (κ3) is 4.70. The van der Waals surface area contributed by atoms with E-state index in [4.69, 9.17) is 15.6 Å². The van der Waals surface area contributed by atoms with Gasteiger partial charge in [-0.3, -0.25) is 4.79 Å². The Morgan fingerprint density at radius 2 is 2.21 bits per heavy atom. The van der Waals surface area contributed by atoms with Gasteiger partial charge in [0.15, 0.2) is 0 Å². The van der Waals surface area contributed by atoms with Gasteiger partial charge in [0.05, 0.1) is 11.7 Å². The lowest BCUT2D eigenvalue weighted by Gasteiger charge is -2.28. The largest absolute Gasteiger partial charge is 0.491 e. The number of aromatic nitrogens is 1. The second-order valence-corrected chi connectivity index (χ2v) is 10.4. The quantitative estimate of drug-likeness (QED) is 0.443. The molecule has 2 atom stereocenters. The summed E-state index contributed by atoms with van der Waals surface area (Å²) in [6.45, 7) is 4.78. The lowest BCUT2D eigenvalue weighted by atomic mass is 10.0. The van der Waals surface area contributed by atoms with Crippen LogP contribution >= 0.6 is 11.3 Å². The van der Waals surface area contributed by atoms with Crippen molar-refractivity contribution in [2.24, 2.45) is 5.92 Å². The highest BCUT2D eigenvalue weighted by Crippen LogP contribution is 2.35. The number of anilines is 2. The van der Waals surface area contributed by atoms with Gasteiger partial charge in [0.1, 0.15) is 22.1 Å². The molecule has 4 N–H and O–H groups in total. The zero-order valence-electron chi connectivity index (χ0n) is 19.5. The first-order valence-corrected chi connectivity index (χ1v) is 12.9. The Kier molecular flexibility index (Phi) is 6.61. The molecule has 2 aliphatic heterocycles. The van der Waals surface area contributed by atoms with Crippen molar-refractivity contribution >= 4 is 38.8 Å². The number of hydrogen-bond acceptors (Lipinski definition) is 7. The minimum absolute atomic E-state index is 0.104. The highest BCUT2D eigenvalue weighted by molar-refractivity contribution is 7.21. The summed E-state index contributed by atoms with van der Waals surface area (Å²) in [4.78, 5) is 21.2. The number of nitrogens with zero attached hydrogens (tertiary/aromatic N) is 2. The number of aliphatic hydroxyl groups excluding tert-OH is 1. The van der Waals surface area contributed by atoms with Crippen LogP contribution in [0.15, 0.2) is 30.3 Å². The minimum atomic E-state index is -0.170. The van der Waals surface area contributed by atoms with Gasteiger partial charge in [-0.2, -0.15) is 0 Å². The molecule has 0 saturated carbocycles. The number of aliphatic hydroxyl groups is 1. The Morgan fingerprint density at radius 1 is 1.32 bits per heavy atom. The smallest absolute Gasteiger partial charge is 0.263 e. The summed E-state index contributed by atoms with van der Waals surface area (Å²) >= 11 is 1.34. The van der Waals surface area contributed by atoms with Crippen LogP contribution in [0.3, 0.4) is 0 Å². The first kappa shape index (κ1) is 22.9. The Morgan fingerprint density at radius 3 is 3.06 bits per heavy atom. The van der Waals surface area contributed by atoms with E-state index in [-0.39, 0.29) is 18.6 Å². The van der Waals surface area contributed by atoms with Gasteiger partial charge >= 0.3 is 0 Å². The summed E-state index contributed by atoms with van der Waals surface area (Å²) in [5.41, 5.74) is 9.97. The maximum absolute atomic E-state index is 13.0. The van der Waals surface area contributed by atoms with Crippen LogP contribution in [-0.4, -0.2) is 48.3 Å². The van der Waals surface area contributed by atoms with Crippen molar-refractivity contribution in [3.8, 4) is 5.75 Å². The van der Waals surface area contributed by atoms with Gasteiger partial charge in [-0.1, -0.05) is 12.5 Å². The number of pyridine rings is 1. The van der Waals surface area contributed by atoms with Gasteiger partial charge in [-0.05, 0) is 62.3 Å². The van der Waals surface area contributed by atoms with Gasteiger partial charge in [0, 0.05) is 42.5 Å². The first-order valence-electron chi connectivity index (χ1n) is 12.1. The number of hydrogen-bond donors (Lipinski definition) is 3. The van der Waals surface area contributed by atoms with Crippen LogP contribution in [0.2, 0.25) is 0 Å². The van der Waals surface area contributed by atoms with E-state index in [2.05, 4.69) is 33.4 Å². The molecule has 0 spiro atoms. The van der Waals surface area contributed by atoms with Crippen LogP contribution in [-0.2, 0) is 6.42 Å². The number of ether oxygens (including phenoxy) is 1. The lowest BCUT2D eigenvalue weighted by Crippen LogP contribution is -2.42. The van der Waals surface area contributed by atoms with Crippen LogP contribution in [0.5, 0.6) is 5.75 Å². The maximum Gasteiger partial charge on any atom is 0.263 e. The third-order valence-corrected chi connectivity index (χ3v) is 8.02. The van der Waals surface area contributed by atoms with E-state index in [0.717, 1.165) is 59.6 Å². The number of carbonyl (C=O) groups is 1. The molecule has 2 unspecified atom stereocenters. The number of rotatable bonds is 7. The number of amides is 1. The predicted octanol–water partition coefficient (Wildman–Crippen LogP) is 3.91. The minimum Gasteiger partial charge on any atom is -0.491 e. The topological polar surface area (TPSA) is 101 Å². The molecule has 1 aromatic carbocycles. The van der Waals surface area contributed by atoms with Crippen molar-refractivity contribution < 1.29 is 14.6 Å². The fraction of sp³-hybridized carbons (Fsp3) is 0.462. The van der Waals surface area contributed by atoms with E-state index in [1.165, 1.54) is 29.9 Å². The molecule has 7 nitrogen and oxygen atoms in total. The fourth-order valence-corrected chi connectivity index (χ4v) is 6.05. The summed E-state index contributed by atoms with van der Waals surface area (Å²) in [6.07, 6.45) is 5.10. The number of nitrogens with two attached hydrogens (primary N) is 1. The van der Waals surface area contributed by atoms with Crippen LogP contribution < -0.4 is 20.7 Å². The number of nitrogen functional groups attached to an aromatic ring is 1. The van der Waals surface area contributed by atoms with Gasteiger partial charge in [0.25, 0.3) is 5.91 Å². The molecule has 34 heavy (non-hydrogen) atoms. The number of thiophene rings is 1. The van der Waals surface area contributed by atoms with Gasteiger partial charge < -0.3 is 25.8 Å². The molecule has 0 bridgehead atoms. The summed E-state index contributed by atoms with van der Waals surface area (Å²) < 4.78 is 6.07. The Balaban J connectivity index is 1.21. The normalized spacial score (nSPS) is 19.8. The van der Waals surface area contributed by atoms with E-state index in [1.54, 1.807) is 0 Å². The summed E-state index contributed by atoms with van der Waals surface area (Å²) in [6, 6.07) is 10.2. The van der Waals surface area contributed by atoms with Crippen molar-refractivity contribution in [3.05, 3.63) is 46.5 Å². The highest BCUT2D eigenvalue weighted by Gasteiger charge is 2.27. The molecule has 4 heterocycles. The van der Waals surface area contributed by atoms with Crippen LogP contribution in [0.1, 0.15) is 46.6 Å². The average Bonchev–Trinajstić information content (AvgIpc) is 3.43. The standard InChI is InChI=1S/C26H32N4O3S/c1-16-5-8-21-23(27)24(34-26(21)28-16)25(32)29-19-12-18-6-7-20(13-22(18)33-15-19)30-10-9-17(14-30)4-2-3-11-31/h5-8,13,17,19,31H,2-4,9-12,14-15,27H2,1H3,(H,29,32). The zero-order valence-corrected chi connectivity index (χ0v) is 20.4. The van der Waals surface area contributed by atoms with Crippen molar-refractivity contribution in [3.63, 3.8) is 0 Å². The van der Waals surface area contributed by atoms with Crippen LogP contribution in [0.25, 0.3) is 10.2 Å². The number of fused-ring (bicyclic) bond motifs is 2. The molecule has 2 aromatic heterocycles.